The summed E-state index contributed by atoms with van der Waals surface area (Å²) >= 11 is 1.47. The van der Waals surface area contributed by atoms with Gasteiger partial charge >= 0.3 is 12.1 Å². The highest BCUT2D eigenvalue weighted by Crippen LogP contribution is 2.09. The Hall–Kier alpha value is -2.75. The molecule has 0 fully saturated rings. The van der Waals surface area contributed by atoms with Crippen LogP contribution in [0.25, 0.3) is 0 Å². The van der Waals surface area contributed by atoms with E-state index in [9.17, 15) is 24.3 Å². The van der Waals surface area contributed by atoms with Crippen LogP contribution in [0, 0.1) is 5.92 Å². The fourth-order valence-corrected chi connectivity index (χ4v) is 3.42. The Kier molecular flexibility index (Phi) is 11.5. The van der Waals surface area contributed by atoms with E-state index in [4.69, 9.17) is 5.11 Å². The maximum Gasteiger partial charge on any atom is 0.405 e. The number of nitrogens with one attached hydrogen (secondary N) is 3. The molecule has 10 heteroatoms. The predicted octanol–water partition coefficient (Wildman–Crippen LogP) is 1.72. The maximum absolute atomic E-state index is 12.8. The molecule has 0 aliphatic carbocycles. The molecule has 172 valence electrons. The number of thioether (sulfide) groups is 1. The molecule has 31 heavy (non-hydrogen) atoms. The van der Waals surface area contributed by atoms with Gasteiger partial charge in [-0.3, -0.25) is 9.59 Å². The highest BCUT2D eigenvalue weighted by Gasteiger charge is 2.30. The second-order valence-electron chi connectivity index (χ2n) is 7.56. The minimum Gasteiger partial charge on any atom is -0.480 e. The third-order valence-electron chi connectivity index (χ3n) is 4.46. The predicted molar refractivity (Wildman–Crippen MR) is 119 cm³/mol. The Morgan fingerprint density at radius 3 is 2.00 bits per heavy atom. The van der Waals surface area contributed by atoms with E-state index in [2.05, 4.69) is 16.0 Å². The van der Waals surface area contributed by atoms with Crippen molar-refractivity contribution in [2.75, 3.05) is 12.0 Å². The van der Waals surface area contributed by atoms with E-state index in [1.165, 1.54) is 11.8 Å². The number of rotatable bonds is 13. The zero-order valence-electron chi connectivity index (χ0n) is 18.0. The Labute approximate surface area is 186 Å². The van der Waals surface area contributed by atoms with Gasteiger partial charge < -0.3 is 26.2 Å². The smallest absolute Gasteiger partial charge is 0.405 e. The molecule has 1 aromatic rings. The van der Waals surface area contributed by atoms with Gasteiger partial charge in [-0.15, -0.1) is 0 Å². The van der Waals surface area contributed by atoms with Crippen LogP contribution in [0.3, 0.4) is 0 Å². The molecule has 0 saturated carbocycles. The van der Waals surface area contributed by atoms with E-state index in [0.717, 1.165) is 5.56 Å². The monoisotopic (exact) mass is 453 g/mol. The summed E-state index contributed by atoms with van der Waals surface area (Å²) in [6.45, 7) is 3.73. The van der Waals surface area contributed by atoms with E-state index >= 15 is 0 Å². The van der Waals surface area contributed by atoms with Crippen LogP contribution in [0.1, 0.15) is 32.3 Å². The number of carboxylic acids is 1. The Morgan fingerprint density at radius 1 is 0.903 bits per heavy atom. The van der Waals surface area contributed by atoms with Gasteiger partial charge in [0.1, 0.15) is 18.1 Å². The molecule has 0 bridgehead atoms. The largest absolute Gasteiger partial charge is 0.480 e. The highest BCUT2D eigenvalue weighted by molar-refractivity contribution is 7.98. The third-order valence-corrected chi connectivity index (χ3v) is 5.11. The van der Waals surface area contributed by atoms with Crippen molar-refractivity contribution in [3.63, 3.8) is 0 Å². The summed E-state index contributed by atoms with van der Waals surface area (Å²) in [7, 11) is 0. The van der Waals surface area contributed by atoms with Gasteiger partial charge in [-0.1, -0.05) is 44.2 Å². The lowest BCUT2D eigenvalue weighted by Gasteiger charge is -2.25. The molecule has 0 spiro atoms. The molecular weight excluding hydrogens is 422 g/mol. The molecule has 0 radical (unpaired) electrons. The zero-order valence-corrected chi connectivity index (χ0v) is 18.8. The number of benzene rings is 1. The first-order valence-electron chi connectivity index (χ1n) is 9.99. The first-order valence-corrected chi connectivity index (χ1v) is 11.4. The standard InChI is InChI=1S/C21H31N3O6S/c1-13(2)11-16(22-18(25)15(9-10-31-3)24-21(29)30)19(26)23-17(20(27)28)12-14-7-5-4-6-8-14/h4-8,13,15-17,24H,9-12H2,1-3H3,(H,22,25)(H,23,26)(H,27,28)(H,29,30)/t15-,16-,17-/m0/s1. The van der Waals surface area contributed by atoms with Crippen LogP contribution in [0.5, 0.6) is 0 Å². The second-order valence-corrected chi connectivity index (χ2v) is 8.55. The number of hydrogen-bond donors (Lipinski definition) is 5. The van der Waals surface area contributed by atoms with Crippen molar-refractivity contribution in [2.45, 2.75) is 51.2 Å². The van der Waals surface area contributed by atoms with Crippen molar-refractivity contribution in [3.05, 3.63) is 35.9 Å². The van der Waals surface area contributed by atoms with Crippen molar-refractivity contribution in [3.8, 4) is 0 Å². The average molecular weight is 454 g/mol. The first kappa shape index (κ1) is 26.3. The molecule has 0 unspecified atom stereocenters. The van der Waals surface area contributed by atoms with Gasteiger partial charge in [0.15, 0.2) is 0 Å². The fourth-order valence-electron chi connectivity index (χ4n) is 2.95. The maximum atomic E-state index is 12.8. The number of carbonyl (C=O) groups excluding carboxylic acids is 2. The van der Waals surface area contributed by atoms with Gasteiger partial charge in [-0.2, -0.15) is 11.8 Å². The van der Waals surface area contributed by atoms with Crippen LogP contribution >= 0.6 is 11.8 Å². The van der Waals surface area contributed by atoms with Gasteiger partial charge in [0, 0.05) is 6.42 Å². The van der Waals surface area contributed by atoms with E-state index in [1.807, 2.05) is 26.2 Å². The molecule has 0 aliphatic rings. The van der Waals surface area contributed by atoms with Crippen LogP contribution in [-0.2, 0) is 20.8 Å². The average Bonchev–Trinajstić information content (AvgIpc) is 2.70. The quantitative estimate of drug-likeness (QED) is 0.306. The van der Waals surface area contributed by atoms with Crippen molar-refractivity contribution in [1.82, 2.24) is 16.0 Å². The number of hydrogen-bond acceptors (Lipinski definition) is 5. The van der Waals surface area contributed by atoms with Crippen molar-refractivity contribution in [2.24, 2.45) is 5.92 Å². The summed E-state index contributed by atoms with van der Waals surface area (Å²) in [4.78, 5) is 48.2. The number of carboxylic acid groups (broad SMARTS) is 2. The molecule has 0 heterocycles. The number of carbonyl (C=O) groups is 4. The first-order chi connectivity index (χ1) is 14.6. The summed E-state index contributed by atoms with van der Waals surface area (Å²) in [5.41, 5.74) is 0.752. The van der Waals surface area contributed by atoms with Crippen LogP contribution in [0.4, 0.5) is 4.79 Å². The van der Waals surface area contributed by atoms with Crippen LogP contribution in [-0.4, -0.2) is 64.2 Å². The van der Waals surface area contributed by atoms with E-state index < -0.39 is 42.0 Å². The highest BCUT2D eigenvalue weighted by atomic mass is 32.2. The van der Waals surface area contributed by atoms with Gasteiger partial charge in [0.25, 0.3) is 0 Å². The van der Waals surface area contributed by atoms with E-state index in [-0.39, 0.29) is 25.2 Å². The lowest BCUT2D eigenvalue weighted by atomic mass is 10.0. The summed E-state index contributed by atoms with van der Waals surface area (Å²) in [6, 6.07) is 5.75. The zero-order chi connectivity index (χ0) is 23.4. The van der Waals surface area contributed by atoms with Crippen LogP contribution in [0.15, 0.2) is 30.3 Å². The molecule has 3 atom stereocenters. The molecule has 0 aromatic heterocycles. The lowest BCUT2D eigenvalue weighted by molar-refractivity contribution is -0.142. The van der Waals surface area contributed by atoms with Crippen molar-refractivity contribution < 1.29 is 29.4 Å². The minimum atomic E-state index is -1.33. The van der Waals surface area contributed by atoms with Gasteiger partial charge in [-0.05, 0) is 36.3 Å². The van der Waals surface area contributed by atoms with Gasteiger partial charge in [0.05, 0.1) is 0 Å². The van der Waals surface area contributed by atoms with Crippen LogP contribution < -0.4 is 16.0 Å². The Bertz CT molecular complexity index is 744. The molecule has 9 nitrogen and oxygen atoms in total. The minimum absolute atomic E-state index is 0.0329. The van der Waals surface area contributed by atoms with Crippen LogP contribution in [0.2, 0.25) is 0 Å². The summed E-state index contributed by atoms with van der Waals surface area (Å²) in [5, 5.41) is 25.8. The molecule has 0 aliphatic heterocycles. The Morgan fingerprint density at radius 2 is 1.48 bits per heavy atom. The number of aliphatic carboxylic acids is 1. The lowest BCUT2D eigenvalue weighted by Crippen LogP contribution is -2.56. The van der Waals surface area contributed by atoms with E-state index in [0.29, 0.717) is 5.75 Å². The summed E-state index contributed by atoms with van der Waals surface area (Å²) in [5.74, 6) is -1.84. The summed E-state index contributed by atoms with van der Waals surface area (Å²) < 4.78 is 0. The summed E-state index contributed by atoms with van der Waals surface area (Å²) in [6.07, 6.45) is 1.14. The molecule has 5 N–H and O–H groups in total. The SMILES string of the molecule is CSCC[C@H](NC(=O)O)C(=O)N[C@@H](CC(C)C)C(=O)N[C@@H](Cc1ccccc1)C(=O)O. The second kappa shape index (κ2) is 13.5. The normalized spacial score (nSPS) is 13.7. The van der Waals surface area contributed by atoms with Crippen molar-refractivity contribution in [1.29, 1.82) is 0 Å². The van der Waals surface area contributed by atoms with Crippen molar-refractivity contribution >= 4 is 35.6 Å². The number of amides is 3. The third kappa shape index (κ3) is 10.2. The molecular formula is C21H31N3O6S. The van der Waals surface area contributed by atoms with Gasteiger partial charge in [0.2, 0.25) is 11.8 Å². The molecule has 3 amide bonds. The van der Waals surface area contributed by atoms with Gasteiger partial charge in [-0.25, -0.2) is 9.59 Å². The topological polar surface area (TPSA) is 145 Å². The molecule has 0 saturated heterocycles. The van der Waals surface area contributed by atoms with E-state index in [1.54, 1.807) is 24.3 Å². The molecule has 1 aromatic carbocycles. The molecule has 1 rings (SSSR count). The fraction of sp³-hybridized carbons (Fsp3) is 0.524. The Balaban J connectivity index is 2.91.